The largest absolute Gasteiger partial charge is 0.468 e. The van der Waals surface area contributed by atoms with E-state index in [1.54, 1.807) is 24.3 Å². The van der Waals surface area contributed by atoms with E-state index in [1.807, 2.05) is 11.0 Å². The van der Waals surface area contributed by atoms with Crippen molar-refractivity contribution in [1.29, 1.82) is 0 Å². The normalized spacial score (nSPS) is 18.3. The number of rotatable bonds is 6. The smallest absolute Gasteiger partial charge is 0.242 e. The molecule has 7 nitrogen and oxygen atoms in total. The Bertz CT molecular complexity index is 993. The van der Waals surface area contributed by atoms with E-state index in [2.05, 4.69) is 23.5 Å². The van der Waals surface area contributed by atoms with Gasteiger partial charge >= 0.3 is 0 Å². The summed E-state index contributed by atoms with van der Waals surface area (Å²) in [5, 5.41) is 0. The van der Waals surface area contributed by atoms with Gasteiger partial charge in [0, 0.05) is 30.7 Å². The summed E-state index contributed by atoms with van der Waals surface area (Å²) < 4.78 is 33.3. The SMILES string of the molecule is CC1(C)CN(CC(=O)N2CCCC2)c2ccc(S(=O)(=O)NCc3ccco3)cc21. The lowest BCUT2D eigenvalue weighted by atomic mass is 9.87. The molecule has 4 rings (SSSR count). The minimum Gasteiger partial charge on any atom is -0.468 e. The van der Waals surface area contributed by atoms with Gasteiger partial charge in [-0.15, -0.1) is 0 Å². The Kier molecular flexibility index (Phi) is 5.16. The molecule has 1 N–H and O–H groups in total. The van der Waals surface area contributed by atoms with Crippen LogP contribution in [0.1, 0.15) is 38.0 Å². The van der Waals surface area contributed by atoms with Gasteiger partial charge in [0.05, 0.1) is 24.2 Å². The van der Waals surface area contributed by atoms with E-state index in [0.29, 0.717) is 18.8 Å². The van der Waals surface area contributed by atoms with E-state index in [9.17, 15) is 13.2 Å². The van der Waals surface area contributed by atoms with Gasteiger partial charge in [-0.2, -0.15) is 0 Å². The molecule has 1 fully saturated rings. The van der Waals surface area contributed by atoms with Gasteiger partial charge in [-0.3, -0.25) is 4.79 Å². The van der Waals surface area contributed by atoms with Crippen molar-refractivity contribution in [3.63, 3.8) is 0 Å². The minimum absolute atomic E-state index is 0.103. The standard InChI is InChI=1S/C21H27N3O4S/c1-21(2)15-24(14-20(25)23-9-3-4-10-23)19-8-7-17(12-18(19)21)29(26,27)22-13-16-6-5-11-28-16/h5-8,11-12,22H,3-4,9-10,13-15H2,1-2H3. The molecule has 156 valence electrons. The highest BCUT2D eigenvalue weighted by atomic mass is 32.2. The van der Waals surface area contributed by atoms with Crippen LogP contribution in [-0.4, -0.2) is 45.4 Å². The van der Waals surface area contributed by atoms with Crippen molar-refractivity contribution in [2.24, 2.45) is 0 Å². The van der Waals surface area contributed by atoms with Crippen LogP contribution in [0.5, 0.6) is 0 Å². The number of likely N-dealkylation sites (tertiary alicyclic amines) is 1. The van der Waals surface area contributed by atoms with Crippen molar-refractivity contribution in [3.8, 4) is 0 Å². The topological polar surface area (TPSA) is 82.9 Å². The number of nitrogens with zero attached hydrogens (tertiary/aromatic N) is 2. The summed E-state index contributed by atoms with van der Waals surface area (Å²) in [7, 11) is -3.67. The van der Waals surface area contributed by atoms with Crippen LogP contribution in [0.25, 0.3) is 0 Å². The average Bonchev–Trinajstić information content (AvgIpc) is 3.42. The molecule has 0 spiro atoms. The number of hydrogen-bond acceptors (Lipinski definition) is 5. The number of carbonyl (C=O) groups is 1. The number of fused-ring (bicyclic) bond motifs is 1. The average molecular weight is 418 g/mol. The summed E-state index contributed by atoms with van der Waals surface area (Å²) in [6, 6.07) is 8.62. The maximum absolute atomic E-state index is 12.7. The summed E-state index contributed by atoms with van der Waals surface area (Å²) in [6.07, 6.45) is 3.65. The van der Waals surface area contributed by atoms with E-state index < -0.39 is 10.0 Å². The highest BCUT2D eigenvalue weighted by molar-refractivity contribution is 7.89. The summed E-state index contributed by atoms with van der Waals surface area (Å²) >= 11 is 0. The number of anilines is 1. The first-order chi connectivity index (χ1) is 13.8. The van der Waals surface area contributed by atoms with Gasteiger partial charge in [0.15, 0.2) is 0 Å². The van der Waals surface area contributed by atoms with E-state index in [1.165, 1.54) is 6.26 Å². The molecule has 1 saturated heterocycles. The summed E-state index contributed by atoms with van der Waals surface area (Å²) in [4.78, 5) is 16.8. The van der Waals surface area contributed by atoms with Crippen molar-refractivity contribution >= 4 is 21.6 Å². The Morgan fingerprint density at radius 2 is 1.97 bits per heavy atom. The van der Waals surface area contributed by atoms with Crippen LogP contribution >= 0.6 is 0 Å². The third-order valence-electron chi connectivity index (χ3n) is 5.74. The van der Waals surface area contributed by atoms with Gasteiger partial charge in [-0.25, -0.2) is 13.1 Å². The Morgan fingerprint density at radius 3 is 2.66 bits per heavy atom. The second-order valence-corrected chi connectivity index (χ2v) is 10.2. The highest BCUT2D eigenvalue weighted by Gasteiger charge is 2.37. The second kappa shape index (κ2) is 7.50. The summed E-state index contributed by atoms with van der Waals surface area (Å²) in [5.74, 6) is 0.699. The lowest BCUT2D eigenvalue weighted by molar-refractivity contribution is -0.128. The zero-order chi connectivity index (χ0) is 20.6. The molecule has 0 atom stereocenters. The van der Waals surface area contributed by atoms with Gasteiger partial charge in [-0.05, 0) is 48.7 Å². The molecule has 0 bridgehead atoms. The Labute approximate surface area is 171 Å². The molecule has 0 aliphatic carbocycles. The minimum atomic E-state index is -3.67. The number of furan rings is 1. The van der Waals surface area contributed by atoms with Crippen molar-refractivity contribution in [2.45, 2.75) is 43.5 Å². The fraction of sp³-hybridized carbons (Fsp3) is 0.476. The fourth-order valence-electron chi connectivity index (χ4n) is 4.18. The predicted molar refractivity (Wildman–Crippen MR) is 110 cm³/mol. The maximum Gasteiger partial charge on any atom is 0.242 e. The van der Waals surface area contributed by atoms with Crippen LogP contribution in [0.2, 0.25) is 0 Å². The van der Waals surface area contributed by atoms with Crippen molar-refractivity contribution < 1.29 is 17.6 Å². The third-order valence-corrected chi connectivity index (χ3v) is 7.13. The van der Waals surface area contributed by atoms with Gasteiger partial charge in [0.25, 0.3) is 0 Å². The van der Waals surface area contributed by atoms with Crippen LogP contribution in [0, 0.1) is 0 Å². The molecule has 1 aromatic carbocycles. The van der Waals surface area contributed by atoms with Gasteiger partial charge in [0.2, 0.25) is 15.9 Å². The lowest BCUT2D eigenvalue weighted by Crippen LogP contribution is -2.40. The number of hydrogen-bond donors (Lipinski definition) is 1. The monoisotopic (exact) mass is 417 g/mol. The zero-order valence-electron chi connectivity index (χ0n) is 16.8. The number of amides is 1. The molecule has 29 heavy (non-hydrogen) atoms. The summed E-state index contributed by atoms with van der Waals surface area (Å²) in [5.41, 5.74) is 1.65. The number of nitrogens with one attached hydrogen (secondary N) is 1. The van der Waals surface area contributed by atoms with Crippen LogP contribution in [0.4, 0.5) is 5.69 Å². The third kappa shape index (κ3) is 4.04. The van der Waals surface area contributed by atoms with E-state index >= 15 is 0 Å². The maximum atomic E-state index is 12.7. The number of benzene rings is 1. The first-order valence-electron chi connectivity index (χ1n) is 9.96. The van der Waals surface area contributed by atoms with Gasteiger partial charge < -0.3 is 14.2 Å². The summed E-state index contributed by atoms with van der Waals surface area (Å²) in [6.45, 7) is 6.96. The number of carbonyl (C=O) groups excluding carboxylic acids is 1. The molecule has 3 heterocycles. The predicted octanol–water partition coefficient (Wildman–Crippen LogP) is 2.48. The van der Waals surface area contributed by atoms with Gasteiger partial charge in [0.1, 0.15) is 5.76 Å². The molecule has 0 radical (unpaired) electrons. The van der Waals surface area contributed by atoms with Crippen molar-refractivity contribution in [3.05, 3.63) is 47.9 Å². The van der Waals surface area contributed by atoms with Crippen LogP contribution in [0.3, 0.4) is 0 Å². The van der Waals surface area contributed by atoms with Crippen LogP contribution in [0.15, 0.2) is 45.9 Å². The molecule has 8 heteroatoms. The van der Waals surface area contributed by atoms with Crippen LogP contribution < -0.4 is 9.62 Å². The Morgan fingerprint density at radius 1 is 1.21 bits per heavy atom. The molecule has 2 aliphatic rings. The first kappa shape index (κ1) is 20.0. The molecular weight excluding hydrogens is 390 g/mol. The van der Waals surface area contributed by atoms with Gasteiger partial charge in [-0.1, -0.05) is 13.8 Å². The first-order valence-corrected chi connectivity index (χ1v) is 11.4. The second-order valence-electron chi connectivity index (χ2n) is 8.41. The molecule has 0 saturated carbocycles. The van der Waals surface area contributed by atoms with E-state index in [4.69, 9.17) is 4.42 Å². The lowest BCUT2D eigenvalue weighted by Gasteiger charge is -2.24. The molecule has 2 aromatic rings. The fourth-order valence-corrected chi connectivity index (χ4v) is 5.20. The Hall–Kier alpha value is -2.32. The highest BCUT2D eigenvalue weighted by Crippen LogP contribution is 2.41. The molecule has 0 unspecified atom stereocenters. The van der Waals surface area contributed by atoms with Crippen molar-refractivity contribution in [2.75, 3.05) is 31.1 Å². The molecular formula is C21H27N3O4S. The van der Waals surface area contributed by atoms with Crippen molar-refractivity contribution in [1.82, 2.24) is 9.62 Å². The molecule has 1 aromatic heterocycles. The van der Waals surface area contributed by atoms with E-state index in [0.717, 1.165) is 37.2 Å². The number of sulfonamides is 1. The van der Waals surface area contributed by atoms with Crippen LogP contribution in [-0.2, 0) is 26.8 Å². The van der Waals surface area contributed by atoms with E-state index in [-0.39, 0.29) is 22.8 Å². The molecule has 2 aliphatic heterocycles. The quantitative estimate of drug-likeness (QED) is 0.781. The Balaban J connectivity index is 1.54. The molecule has 1 amide bonds. The zero-order valence-corrected chi connectivity index (χ0v) is 17.7.